The second kappa shape index (κ2) is 2.65. The molecule has 1 nitrogen and oxygen atoms in total. The Morgan fingerprint density at radius 1 is 1.67 bits per heavy atom. The first-order valence-electron chi connectivity index (χ1n) is 2.45. The smallest absolute Gasteiger partial charge is 0.150 e. The van der Waals surface area contributed by atoms with Gasteiger partial charge in [0.05, 0.1) is 0 Å². The SMILES string of the molecule is O=Cc1[c]ccc(Cl)c1. The fourth-order valence-corrected chi connectivity index (χ4v) is 0.704. The molecule has 1 rings (SSSR count). The van der Waals surface area contributed by atoms with E-state index in [1.165, 1.54) is 0 Å². The van der Waals surface area contributed by atoms with E-state index in [2.05, 4.69) is 6.07 Å². The summed E-state index contributed by atoms with van der Waals surface area (Å²) in [4.78, 5) is 10.1. The Hall–Kier alpha value is -0.820. The summed E-state index contributed by atoms with van der Waals surface area (Å²) in [6.45, 7) is 0. The van der Waals surface area contributed by atoms with E-state index in [9.17, 15) is 4.79 Å². The highest BCUT2D eigenvalue weighted by molar-refractivity contribution is 6.30. The number of hydrogen-bond acceptors (Lipinski definition) is 1. The lowest BCUT2D eigenvalue weighted by molar-refractivity contribution is 0.112. The van der Waals surface area contributed by atoms with Crippen molar-refractivity contribution in [2.75, 3.05) is 0 Å². The third kappa shape index (κ3) is 1.54. The molecule has 45 valence electrons. The molecule has 0 N–H and O–H groups in total. The number of rotatable bonds is 1. The van der Waals surface area contributed by atoms with Gasteiger partial charge in [-0.3, -0.25) is 4.79 Å². The van der Waals surface area contributed by atoms with Crippen molar-refractivity contribution in [3.05, 3.63) is 34.9 Å². The van der Waals surface area contributed by atoms with E-state index >= 15 is 0 Å². The van der Waals surface area contributed by atoms with E-state index in [1.807, 2.05) is 0 Å². The third-order valence-electron chi connectivity index (χ3n) is 0.913. The minimum atomic E-state index is 0.488. The van der Waals surface area contributed by atoms with Gasteiger partial charge in [-0.2, -0.15) is 0 Å². The first kappa shape index (κ1) is 6.30. The van der Waals surface area contributed by atoms with Crippen LogP contribution in [-0.2, 0) is 0 Å². The molecule has 0 bridgehead atoms. The summed E-state index contributed by atoms with van der Waals surface area (Å²) in [5, 5.41) is 0.566. The second-order valence-corrected chi connectivity index (χ2v) is 2.02. The van der Waals surface area contributed by atoms with Gasteiger partial charge in [0.25, 0.3) is 0 Å². The Morgan fingerprint density at radius 2 is 2.44 bits per heavy atom. The molecule has 0 unspecified atom stereocenters. The molecular weight excluding hydrogens is 136 g/mol. The molecule has 0 saturated heterocycles. The summed E-state index contributed by atoms with van der Waals surface area (Å²) >= 11 is 5.54. The van der Waals surface area contributed by atoms with E-state index in [0.29, 0.717) is 16.9 Å². The first-order chi connectivity index (χ1) is 4.33. The Balaban J connectivity index is 3.07. The summed E-state index contributed by atoms with van der Waals surface area (Å²) in [5.41, 5.74) is 0.488. The number of benzene rings is 1. The summed E-state index contributed by atoms with van der Waals surface area (Å²) in [6.07, 6.45) is 0.714. The Bertz CT molecular complexity index is 220. The van der Waals surface area contributed by atoms with Gasteiger partial charge < -0.3 is 0 Å². The normalized spacial score (nSPS) is 9.00. The largest absolute Gasteiger partial charge is 0.298 e. The Kier molecular flexibility index (Phi) is 1.85. The van der Waals surface area contributed by atoms with Crippen LogP contribution < -0.4 is 0 Å². The highest BCUT2D eigenvalue weighted by Crippen LogP contribution is 2.07. The lowest BCUT2D eigenvalue weighted by Gasteiger charge is -1.87. The van der Waals surface area contributed by atoms with E-state index in [4.69, 9.17) is 11.6 Å². The molecule has 1 aromatic rings. The molecule has 0 amide bonds. The van der Waals surface area contributed by atoms with Crippen molar-refractivity contribution >= 4 is 17.9 Å². The zero-order valence-corrected chi connectivity index (χ0v) is 5.35. The molecule has 0 atom stereocenters. The lowest BCUT2D eigenvalue weighted by atomic mass is 10.2. The summed E-state index contributed by atoms with van der Waals surface area (Å²) in [7, 11) is 0. The van der Waals surface area contributed by atoms with Crippen LogP contribution in [0.1, 0.15) is 10.4 Å². The first-order valence-corrected chi connectivity index (χ1v) is 2.83. The molecule has 0 aliphatic carbocycles. The van der Waals surface area contributed by atoms with E-state index < -0.39 is 0 Å². The fourth-order valence-electron chi connectivity index (χ4n) is 0.524. The average molecular weight is 140 g/mol. The summed E-state index contributed by atoms with van der Waals surface area (Å²) in [6, 6.07) is 7.56. The predicted molar refractivity (Wildman–Crippen MR) is 35.7 cm³/mol. The van der Waals surface area contributed by atoms with Gasteiger partial charge in [-0.25, -0.2) is 0 Å². The van der Waals surface area contributed by atoms with Gasteiger partial charge in [-0.15, -0.1) is 0 Å². The number of carbonyl (C=O) groups excluding carboxylic acids is 1. The maximum absolute atomic E-state index is 10.1. The summed E-state index contributed by atoms with van der Waals surface area (Å²) in [5.74, 6) is 0. The Labute approximate surface area is 58.3 Å². The van der Waals surface area contributed by atoms with Gasteiger partial charge in [0.2, 0.25) is 0 Å². The van der Waals surface area contributed by atoms with Gasteiger partial charge >= 0.3 is 0 Å². The molecular formula is C7H4ClO. The highest BCUT2D eigenvalue weighted by atomic mass is 35.5. The molecule has 0 fully saturated rings. The van der Waals surface area contributed by atoms with Crippen LogP contribution in [0.15, 0.2) is 18.2 Å². The monoisotopic (exact) mass is 139 g/mol. The number of aldehydes is 1. The van der Waals surface area contributed by atoms with Crippen LogP contribution in [0.5, 0.6) is 0 Å². The van der Waals surface area contributed by atoms with Gasteiger partial charge in [0.15, 0.2) is 6.29 Å². The molecule has 0 saturated carbocycles. The number of halogens is 1. The maximum Gasteiger partial charge on any atom is 0.150 e. The Morgan fingerprint density at radius 3 is 2.89 bits per heavy atom. The zero-order chi connectivity index (χ0) is 6.69. The van der Waals surface area contributed by atoms with Crippen molar-refractivity contribution < 1.29 is 4.79 Å². The molecule has 0 spiro atoms. The number of carbonyl (C=O) groups is 1. The molecule has 0 aliphatic heterocycles. The molecule has 2 heteroatoms. The van der Waals surface area contributed by atoms with Crippen molar-refractivity contribution in [3.8, 4) is 0 Å². The minimum Gasteiger partial charge on any atom is -0.298 e. The molecule has 1 aromatic carbocycles. The van der Waals surface area contributed by atoms with Gasteiger partial charge in [0, 0.05) is 10.6 Å². The molecule has 0 aliphatic rings. The molecule has 1 radical (unpaired) electrons. The zero-order valence-electron chi connectivity index (χ0n) is 4.60. The van der Waals surface area contributed by atoms with E-state index in [1.54, 1.807) is 18.2 Å². The van der Waals surface area contributed by atoms with Crippen LogP contribution in [-0.4, -0.2) is 6.29 Å². The van der Waals surface area contributed by atoms with Crippen molar-refractivity contribution in [1.82, 2.24) is 0 Å². The van der Waals surface area contributed by atoms with Crippen molar-refractivity contribution in [2.24, 2.45) is 0 Å². The third-order valence-corrected chi connectivity index (χ3v) is 1.15. The van der Waals surface area contributed by atoms with Crippen LogP contribution in [0.3, 0.4) is 0 Å². The van der Waals surface area contributed by atoms with E-state index in [0.717, 1.165) is 0 Å². The van der Waals surface area contributed by atoms with Crippen LogP contribution >= 0.6 is 11.6 Å². The number of hydrogen-bond donors (Lipinski definition) is 0. The van der Waals surface area contributed by atoms with Crippen molar-refractivity contribution in [2.45, 2.75) is 0 Å². The average Bonchev–Trinajstić information content (AvgIpc) is 1.88. The summed E-state index contributed by atoms with van der Waals surface area (Å²) < 4.78 is 0. The highest BCUT2D eigenvalue weighted by Gasteiger charge is 1.88. The van der Waals surface area contributed by atoms with Gasteiger partial charge in [-0.05, 0) is 18.2 Å². The lowest BCUT2D eigenvalue weighted by Crippen LogP contribution is -1.76. The predicted octanol–water partition coefficient (Wildman–Crippen LogP) is 1.95. The van der Waals surface area contributed by atoms with Crippen LogP contribution in [0, 0.1) is 6.07 Å². The van der Waals surface area contributed by atoms with Crippen LogP contribution in [0.25, 0.3) is 0 Å². The second-order valence-electron chi connectivity index (χ2n) is 1.58. The fraction of sp³-hybridized carbons (Fsp3) is 0. The minimum absolute atomic E-state index is 0.488. The van der Waals surface area contributed by atoms with Crippen LogP contribution in [0.4, 0.5) is 0 Å². The molecule has 9 heavy (non-hydrogen) atoms. The van der Waals surface area contributed by atoms with Gasteiger partial charge in [0.1, 0.15) is 0 Å². The quantitative estimate of drug-likeness (QED) is 0.544. The van der Waals surface area contributed by atoms with Gasteiger partial charge in [-0.1, -0.05) is 17.7 Å². The molecule has 0 aromatic heterocycles. The van der Waals surface area contributed by atoms with Crippen molar-refractivity contribution in [1.29, 1.82) is 0 Å². The van der Waals surface area contributed by atoms with Crippen molar-refractivity contribution in [3.63, 3.8) is 0 Å². The standard InChI is InChI=1S/C7H4ClO/c8-7-3-1-2-6(4-7)5-9/h1,3-5H. The van der Waals surface area contributed by atoms with Crippen LogP contribution in [0.2, 0.25) is 5.02 Å². The van der Waals surface area contributed by atoms with E-state index in [-0.39, 0.29) is 0 Å². The maximum atomic E-state index is 10.1. The molecule has 0 heterocycles. The topological polar surface area (TPSA) is 17.1 Å².